The average molecular weight is 321 g/mol. The van der Waals surface area contributed by atoms with Gasteiger partial charge in [-0.15, -0.1) is 0 Å². The van der Waals surface area contributed by atoms with Crippen LogP contribution in [0.2, 0.25) is 0 Å². The lowest BCUT2D eigenvalue weighted by Gasteiger charge is -2.13. The molecule has 1 unspecified atom stereocenters. The summed E-state index contributed by atoms with van der Waals surface area (Å²) in [7, 11) is 0. The summed E-state index contributed by atoms with van der Waals surface area (Å²) in [6, 6.07) is 12.5. The normalized spacial score (nSPS) is 19.4. The third kappa shape index (κ3) is 2.76. The van der Waals surface area contributed by atoms with Crippen molar-refractivity contribution < 1.29 is 10.3 Å². The van der Waals surface area contributed by atoms with Gasteiger partial charge >= 0.3 is 0 Å². The van der Waals surface area contributed by atoms with Gasteiger partial charge in [-0.3, -0.25) is 0 Å². The molecule has 24 heavy (non-hydrogen) atoms. The van der Waals surface area contributed by atoms with Gasteiger partial charge in [0.1, 0.15) is 11.8 Å². The zero-order valence-corrected chi connectivity index (χ0v) is 14.6. The average Bonchev–Trinajstić information content (AvgIpc) is 2.89. The molecule has 0 saturated heterocycles. The van der Waals surface area contributed by atoms with Crippen LogP contribution in [-0.2, 0) is 0 Å². The maximum atomic E-state index is 10.4. The van der Waals surface area contributed by atoms with Gasteiger partial charge in [-0.1, -0.05) is 47.1 Å². The largest absolute Gasteiger partial charge is 0.411 e. The van der Waals surface area contributed by atoms with E-state index in [0.717, 1.165) is 22.3 Å². The summed E-state index contributed by atoms with van der Waals surface area (Å²) in [5.41, 5.74) is 9.12. The summed E-state index contributed by atoms with van der Waals surface area (Å²) >= 11 is 0. The zero-order chi connectivity index (χ0) is 17.4. The summed E-state index contributed by atoms with van der Waals surface area (Å²) in [4.78, 5) is 0. The van der Waals surface area contributed by atoms with Crippen molar-refractivity contribution in [1.29, 1.82) is 0 Å². The number of oxime groups is 1. The van der Waals surface area contributed by atoms with Crippen molar-refractivity contribution in [3.8, 4) is 0 Å². The van der Waals surface area contributed by atoms with Gasteiger partial charge < -0.3 is 10.3 Å². The molecule has 2 aromatic carbocycles. The van der Waals surface area contributed by atoms with Crippen molar-refractivity contribution in [2.75, 3.05) is 0 Å². The Kier molecular flexibility index (Phi) is 4.29. The summed E-state index contributed by atoms with van der Waals surface area (Å²) in [6.07, 6.45) is -0.313. The molecule has 0 aromatic heterocycles. The van der Waals surface area contributed by atoms with E-state index < -0.39 is 6.10 Å². The minimum absolute atomic E-state index is 0.355. The van der Waals surface area contributed by atoms with E-state index in [2.05, 4.69) is 69.2 Å². The molecule has 0 amide bonds. The highest BCUT2D eigenvalue weighted by Crippen LogP contribution is 2.39. The lowest BCUT2D eigenvalue weighted by Crippen LogP contribution is -2.15. The number of nitrogens with zero attached hydrogens (tertiary/aromatic N) is 1. The third-order valence-electron chi connectivity index (χ3n) is 4.99. The number of aliphatic hydroxyl groups excluding tert-OH is 1. The Bertz CT molecular complexity index is 822. The standard InChI is InChI=1S/C21H23NO2/c1-12-5-7-16(8-6-12)18-11-19(23)21(22-24)20(18)17-9-13(2)15(4)14(3)10-17/h5-10,19,23-24H,11H2,1-4H3. The van der Waals surface area contributed by atoms with Gasteiger partial charge in [0.25, 0.3) is 0 Å². The van der Waals surface area contributed by atoms with Crippen LogP contribution in [0.15, 0.2) is 41.6 Å². The molecule has 3 heteroatoms. The van der Waals surface area contributed by atoms with E-state index in [9.17, 15) is 10.3 Å². The Labute approximate surface area is 143 Å². The Balaban J connectivity index is 2.25. The fourth-order valence-corrected chi connectivity index (χ4v) is 3.35. The van der Waals surface area contributed by atoms with Gasteiger partial charge in [-0.25, -0.2) is 0 Å². The Morgan fingerprint density at radius 1 is 0.917 bits per heavy atom. The maximum Gasteiger partial charge on any atom is 0.116 e. The molecule has 1 aliphatic rings. The molecular weight excluding hydrogens is 298 g/mol. The molecule has 2 aromatic rings. The predicted molar refractivity (Wildman–Crippen MR) is 98.5 cm³/mol. The van der Waals surface area contributed by atoms with Crippen molar-refractivity contribution in [3.63, 3.8) is 0 Å². The van der Waals surface area contributed by atoms with Gasteiger partial charge in [-0.05, 0) is 61.1 Å². The molecule has 0 bridgehead atoms. The van der Waals surface area contributed by atoms with Crippen LogP contribution in [0, 0.1) is 27.7 Å². The maximum absolute atomic E-state index is 10.4. The van der Waals surface area contributed by atoms with Crippen LogP contribution in [0.3, 0.4) is 0 Å². The van der Waals surface area contributed by atoms with E-state index in [0.29, 0.717) is 12.1 Å². The number of aryl methyl sites for hydroxylation is 3. The van der Waals surface area contributed by atoms with Gasteiger partial charge in [0.05, 0.1) is 0 Å². The number of benzene rings is 2. The van der Waals surface area contributed by atoms with Crippen LogP contribution in [0.25, 0.3) is 11.1 Å². The van der Waals surface area contributed by atoms with E-state index in [1.165, 1.54) is 22.3 Å². The first kappa shape index (κ1) is 16.5. The van der Waals surface area contributed by atoms with Crippen molar-refractivity contribution >= 4 is 16.9 Å². The fraction of sp³-hybridized carbons (Fsp3) is 0.286. The van der Waals surface area contributed by atoms with Gasteiger partial charge in [0.2, 0.25) is 0 Å². The summed E-state index contributed by atoms with van der Waals surface area (Å²) in [5, 5.41) is 23.2. The second-order valence-electron chi connectivity index (χ2n) is 6.66. The topological polar surface area (TPSA) is 52.8 Å². The van der Waals surface area contributed by atoms with Crippen molar-refractivity contribution in [2.24, 2.45) is 5.16 Å². The fourth-order valence-electron chi connectivity index (χ4n) is 3.35. The molecule has 1 atom stereocenters. The molecule has 0 radical (unpaired) electrons. The first-order valence-corrected chi connectivity index (χ1v) is 8.21. The second kappa shape index (κ2) is 6.25. The molecule has 0 fully saturated rings. The molecular formula is C21H23NO2. The molecule has 0 saturated carbocycles. The monoisotopic (exact) mass is 321 g/mol. The quantitative estimate of drug-likeness (QED) is 0.635. The molecule has 0 heterocycles. The van der Waals surface area contributed by atoms with E-state index >= 15 is 0 Å². The zero-order valence-electron chi connectivity index (χ0n) is 14.6. The smallest absolute Gasteiger partial charge is 0.116 e. The van der Waals surface area contributed by atoms with Crippen LogP contribution >= 0.6 is 0 Å². The van der Waals surface area contributed by atoms with Crippen LogP contribution < -0.4 is 0 Å². The Morgan fingerprint density at radius 3 is 2.04 bits per heavy atom. The number of aliphatic hydroxyl groups is 1. The van der Waals surface area contributed by atoms with Gasteiger partial charge in [0.15, 0.2) is 0 Å². The third-order valence-corrected chi connectivity index (χ3v) is 4.99. The van der Waals surface area contributed by atoms with E-state index in [-0.39, 0.29) is 0 Å². The molecule has 0 aliphatic heterocycles. The first-order valence-electron chi connectivity index (χ1n) is 8.21. The predicted octanol–water partition coefficient (Wildman–Crippen LogP) is 4.43. The molecule has 2 N–H and O–H groups in total. The van der Waals surface area contributed by atoms with Crippen LogP contribution in [0.1, 0.15) is 39.8 Å². The number of hydrogen-bond acceptors (Lipinski definition) is 3. The molecule has 3 nitrogen and oxygen atoms in total. The minimum Gasteiger partial charge on any atom is -0.411 e. The highest BCUT2D eigenvalue weighted by molar-refractivity contribution is 6.35. The highest BCUT2D eigenvalue weighted by atomic mass is 16.4. The number of rotatable bonds is 2. The second-order valence-corrected chi connectivity index (χ2v) is 6.66. The van der Waals surface area contributed by atoms with Gasteiger partial charge in [0, 0.05) is 12.0 Å². The Morgan fingerprint density at radius 2 is 1.50 bits per heavy atom. The van der Waals surface area contributed by atoms with Crippen molar-refractivity contribution in [2.45, 2.75) is 40.2 Å². The summed E-state index contributed by atoms with van der Waals surface area (Å²) in [6.45, 7) is 8.32. The van der Waals surface area contributed by atoms with Crippen LogP contribution in [0.5, 0.6) is 0 Å². The lowest BCUT2D eigenvalue weighted by molar-refractivity contribution is 0.240. The molecule has 124 valence electrons. The number of hydrogen-bond donors (Lipinski definition) is 2. The van der Waals surface area contributed by atoms with Crippen LogP contribution in [-0.4, -0.2) is 22.1 Å². The van der Waals surface area contributed by atoms with Crippen molar-refractivity contribution in [1.82, 2.24) is 0 Å². The SMILES string of the molecule is Cc1ccc(C2=C(c3cc(C)c(C)c(C)c3)C(=NO)C(O)C2)cc1. The molecule has 0 spiro atoms. The van der Waals surface area contributed by atoms with Crippen LogP contribution in [0.4, 0.5) is 0 Å². The highest BCUT2D eigenvalue weighted by Gasteiger charge is 2.32. The van der Waals surface area contributed by atoms with Gasteiger partial charge in [-0.2, -0.15) is 0 Å². The van der Waals surface area contributed by atoms with E-state index in [1.54, 1.807) is 0 Å². The van der Waals surface area contributed by atoms with E-state index in [1.807, 2.05) is 0 Å². The summed E-state index contributed by atoms with van der Waals surface area (Å²) in [5.74, 6) is 0. The molecule has 3 rings (SSSR count). The van der Waals surface area contributed by atoms with Crippen molar-refractivity contribution in [3.05, 3.63) is 69.8 Å². The summed E-state index contributed by atoms with van der Waals surface area (Å²) < 4.78 is 0. The molecule has 1 aliphatic carbocycles. The first-order chi connectivity index (χ1) is 11.4. The lowest BCUT2D eigenvalue weighted by atomic mass is 9.92. The Hall–Kier alpha value is -2.39. The van der Waals surface area contributed by atoms with E-state index in [4.69, 9.17) is 0 Å². The minimum atomic E-state index is -0.775.